The highest BCUT2D eigenvalue weighted by Crippen LogP contribution is 2.57. The van der Waals surface area contributed by atoms with Gasteiger partial charge in [-0.25, -0.2) is 0 Å². The summed E-state index contributed by atoms with van der Waals surface area (Å²) in [6.45, 7) is 33.2. The van der Waals surface area contributed by atoms with Crippen LogP contribution in [0.2, 0.25) is 0 Å². The third kappa shape index (κ3) is 10.9. The number of anilines is 2. The van der Waals surface area contributed by atoms with Crippen molar-refractivity contribution in [2.75, 3.05) is 4.81 Å². The molecule has 0 atom stereocenters. The maximum Gasteiger partial charge on any atom is 0.333 e. The Balaban J connectivity index is 0.615. The molecule has 7 heterocycles. The number of aromatic nitrogens is 3. The van der Waals surface area contributed by atoms with Crippen LogP contribution < -0.4 is 26.7 Å². The molecule has 4 nitrogen and oxygen atoms in total. The third-order valence-corrected chi connectivity index (χ3v) is 31.0. The van der Waals surface area contributed by atoms with Gasteiger partial charge in [-0.3, -0.25) is 0 Å². The average Bonchev–Trinajstić information content (AvgIpc) is 1.43. The van der Waals surface area contributed by atoms with E-state index in [1.165, 1.54) is 269 Å². The van der Waals surface area contributed by atoms with Gasteiger partial charge in [-0.15, -0.1) is 0 Å². The first-order chi connectivity index (χ1) is 63.8. The van der Waals surface area contributed by atoms with Gasteiger partial charge in [0, 0.05) is 82.2 Å². The van der Waals surface area contributed by atoms with Crippen LogP contribution in [-0.4, -0.2) is 27.3 Å². The van der Waals surface area contributed by atoms with E-state index >= 15 is 0 Å². The van der Waals surface area contributed by atoms with Crippen molar-refractivity contribution in [3.8, 4) is 89.4 Å². The molecule has 0 unspecified atom stereocenters. The molecule has 0 amide bonds. The lowest BCUT2D eigenvalue weighted by atomic mass is 9.43. The van der Waals surface area contributed by atoms with E-state index in [1.54, 1.807) is 0 Å². The van der Waals surface area contributed by atoms with E-state index in [0.717, 1.165) is 12.1 Å². The van der Waals surface area contributed by atoms with Crippen LogP contribution in [0.25, 0.3) is 209 Å². The summed E-state index contributed by atoms with van der Waals surface area (Å²) in [6, 6.07) is 133. The molecule has 6 heteroatoms. The number of hydrogen-bond acceptors (Lipinski definition) is 1. The van der Waals surface area contributed by atoms with Gasteiger partial charge >= 0.3 is 13.7 Å². The minimum absolute atomic E-state index is 0.0327. The molecular formula is C126H100B2N4. The highest BCUT2D eigenvalue weighted by atomic mass is 15.1. The molecule has 23 aromatic rings. The maximum absolute atomic E-state index is 2.83. The van der Waals surface area contributed by atoms with Crippen molar-refractivity contribution in [1.29, 1.82) is 0 Å². The number of nitrogens with zero attached hydrogens (tertiary/aromatic N) is 4. The topological polar surface area (TPSA) is 18.0 Å². The second-order valence-electron chi connectivity index (χ2n) is 43.6. The summed E-state index contributed by atoms with van der Waals surface area (Å²) >= 11 is 0. The van der Waals surface area contributed by atoms with Crippen LogP contribution in [0.4, 0.5) is 11.4 Å². The molecule has 4 aliphatic heterocycles. The Kier molecular flexibility index (Phi) is 15.8. The van der Waals surface area contributed by atoms with Gasteiger partial charge in [-0.2, -0.15) is 0 Å². The van der Waals surface area contributed by atoms with Crippen LogP contribution in [0.1, 0.15) is 130 Å². The van der Waals surface area contributed by atoms with Crippen LogP contribution in [0.15, 0.2) is 340 Å². The Labute approximate surface area is 771 Å². The number of fused-ring (bicyclic) bond motifs is 18. The van der Waals surface area contributed by atoms with Gasteiger partial charge in [0.05, 0.1) is 33.4 Å². The molecule has 0 fully saturated rings. The largest absolute Gasteiger partial charge is 0.376 e. The second kappa shape index (κ2) is 26.9. The van der Waals surface area contributed by atoms with E-state index in [2.05, 4.69) is 455 Å². The average molecular weight is 1690 g/mol. The van der Waals surface area contributed by atoms with Crippen molar-refractivity contribution < 1.29 is 0 Å². The molecule has 0 bridgehead atoms. The number of para-hydroxylation sites is 1. The molecule has 0 saturated heterocycles. The molecule has 3 aromatic heterocycles. The molecule has 0 spiro atoms. The van der Waals surface area contributed by atoms with Crippen molar-refractivity contribution in [3.05, 3.63) is 373 Å². The summed E-state index contributed by atoms with van der Waals surface area (Å²) < 4.78 is 8.28. The minimum Gasteiger partial charge on any atom is -0.376 e. The first-order valence-electron chi connectivity index (χ1n) is 47.6. The summed E-state index contributed by atoms with van der Waals surface area (Å²) in [6.07, 6.45) is 0.849. The van der Waals surface area contributed by atoms with E-state index in [9.17, 15) is 0 Å². The molecule has 0 saturated carbocycles. The van der Waals surface area contributed by atoms with Gasteiger partial charge in [0.2, 0.25) is 0 Å². The van der Waals surface area contributed by atoms with Crippen LogP contribution in [0, 0.1) is 0 Å². The molecule has 20 aromatic carbocycles. The standard InChI is InChI=1S/C126H100B2N4/c1-122(2,3)86-49-58-105-98(68-86)100-69-88(124(7,8)9)70-103-119(100)130(105)120-94-55-46-84-63-89(62-83-44-52-91(109(94)108(83)84)111-93-39-28-40-96-113(125(10,11)12)116(77-36-25-18-26-37-77)132(117(93)96)128(103)114(111)120)126(13,14)71-72-29-27-38-78(59-72)76-41-50-90(51-42-76)131-106-57-48-80(74-32-21-16-22-33-74)65-101(106)112-92-53-43-81-60-87(123(4,5)6)61-82-45-54-95(110(92)107(81)82)121-115(112)127(131)102-67-85(75-34-23-17-24-35-75)66-99-97-64-79(73-30-19-15-20-31-73)47-56-104(97)129(121)118(99)102/h15-70H,71H2,1-14H3. The Bertz CT molecular complexity index is 8920. The fraction of sp³-hybridized carbons (Fsp3) is 0.159. The predicted molar refractivity (Wildman–Crippen MR) is 568 cm³/mol. The van der Waals surface area contributed by atoms with Crippen LogP contribution >= 0.6 is 0 Å². The van der Waals surface area contributed by atoms with Crippen LogP contribution in [-0.2, 0) is 33.5 Å². The van der Waals surface area contributed by atoms with Crippen molar-refractivity contribution in [1.82, 2.24) is 13.6 Å². The molecule has 0 aliphatic carbocycles. The van der Waals surface area contributed by atoms with Gasteiger partial charge in [0.1, 0.15) is 0 Å². The lowest BCUT2D eigenvalue weighted by Gasteiger charge is -2.43. The molecule has 27 rings (SSSR count). The predicted octanol–water partition coefficient (Wildman–Crippen LogP) is 30.9. The third-order valence-electron chi connectivity index (χ3n) is 31.0. The van der Waals surface area contributed by atoms with E-state index in [-0.39, 0.29) is 40.8 Å². The number of hydrogen-bond donors (Lipinski definition) is 0. The second-order valence-corrected chi connectivity index (χ2v) is 43.6. The lowest BCUT2D eigenvalue weighted by molar-refractivity contribution is 0.523. The van der Waals surface area contributed by atoms with Crippen molar-refractivity contribution in [2.45, 2.75) is 130 Å². The monoisotopic (exact) mass is 1690 g/mol. The Morgan fingerprint density at radius 1 is 0.265 bits per heavy atom. The van der Waals surface area contributed by atoms with E-state index < -0.39 is 0 Å². The molecular weight excluding hydrogens is 1590 g/mol. The minimum atomic E-state index is -0.258. The van der Waals surface area contributed by atoms with Gasteiger partial charge in [0.15, 0.2) is 0 Å². The van der Waals surface area contributed by atoms with E-state index in [0.29, 0.717) is 0 Å². The fourth-order valence-electron chi connectivity index (χ4n) is 24.9. The zero-order valence-electron chi connectivity index (χ0n) is 77.5. The van der Waals surface area contributed by atoms with Crippen molar-refractivity contribution >= 4 is 166 Å². The lowest BCUT2D eigenvalue weighted by Crippen LogP contribution is -2.60. The summed E-state index contributed by atoms with van der Waals surface area (Å²) in [4.78, 5) is 2.73. The Morgan fingerprint density at radius 2 is 0.712 bits per heavy atom. The quantitative estimate of drug-likeness (QED) is 0.104. The number of rotatable bonds is 9. The zero-order chi connectivity index (χ0) is 89.1. The summed E-state index contributed by atoms with van der Waals surface area (Å²) in [5.74, 6) is 0. The highest BCUT2D eigenvalue weighted by molar-refractivity contribution is 6.94. The van der Waals surface area contributed by atoms with Gasteiger partial charge in [-0.05, 0) is 254 Å². The number of benzene rings is 20. The molecule has 4 aliphatic rings. The first kappa shape index (κ1) is 77.5. The Morgan fingerprint density at radius 3 is 1.30 bits per heavy atom. The van der Waals surface area contributed by atoms with Gasteiger partial charge in [-0.1, -0.05) is 376 Å². The molecule has 630 valence electrons. The van der Waals surface area contributed by atoms with Gasteiger partial charge < -0.3 is 18.4 Å². The smallest absolute Gasteiger partial charge is 0.333 e. The Hall–Kier alpha value is -14.5. The van der Waals surface area contributed by atoms with Crippen molar-refractivity contribution in [2.24, 2.45) is 0 Å². The van der Waals surface area contributed by atoms with Crippen LogP contribution in [0.3, 0.4) is 0 Å². The first-order valence-corrected chi connectivity index (χ1v) is 47.6. The highest BCUT2D eigenvalue weighted by Gasteiger charge is 2.49. The summed E-state index contributed by atoms with van der Waals surface area (Å²) in [7, 11) is 0. The van der Waals surface area contributed by atoms with E-state index in [4.69, 9.17) is 0 Å². The zero-order valence-corrected chi connectivity index (χ0v) is 77.5. The molecule has 132 heavy (non-hydrogen) atoms. The normalized spacial score (nSPS) is 13.7. The fourth-order valence-corrected chi connectivity index (χ4v) is 24.9. The SMILES string of the molecule is CC(C)(C)c1cc2ccc3c4c5c(c6ccc(c1)c2c36)-n1c2ccc(-c3ccccc3)cc2c2cc(-c3ccccc3)cc(c21)B5N(c1ccc(-c2cccc(CC(C)(C)c3cc5ccc6c7c8c(c9ccc(c3)c5c69)-n3c5ccc(C(C)(C)C)cc5c5cc(C(C)(C)C)cc(c53)B8n3c(-c5ccccc5)c(C(C)(C)C)c5cccc-7c53)c2)cc1)c1ccc(-c2ccccc2)cc1-4. The van der Waals surface area contributed by atoms with Crippen LogP contribution in [0.5, 0.6) is 0 Å². The van der Waals surface area contributed by atoms with E-state index in [1.807, 2.05) is 0 Å². The molecule has 0 N–H and O–H groups in total. The summed E-state index contributed by atoms with van der Waals surface area (Å²) in [5.41, 5.74) is 41.6. The summed E-state index contributed by atoms with van der Waals surface area (Å²) in [5, 5.41) is 22.2. The van der Waals surface area contributed by atoms with Gasteiger partial charge in [0.25, 0.3) is 0 Å². The maximum atomic E-state index is 2.83. The van der Waals surface area contributed by atoms with Crippen molar-refractivity contribution in [3.63, 3.8) is 0 Å². The molecule has 0 radical (unpaired) electrons.